The Hall–Kier alpha value is -4.01. The molecule has 0 aliphatic heterocycles. The van der Waals surface area contributed by atoms with Crippen LogP contribution in [0.2, 0.25) is 0 Å². The third-order valence-corrected chi connectivity index (χ3v) is 4.13. The van der Waals surface area contributed by atoms with E-state index in [2.05, 4.69) is 10.3 Å². The lowest BCUT2D eigenvalue weighted by Crippen LogP contribution is -2.10. The van der Waals surface area contributed by atoms with Gasteiger partial charge in [-0.15, -0.1) is 0 Å². The highest BCUT2D eigenvalue weighted by molar-refractivity contribution is 6.07. The summed E-state index contributed by atoms with van der Waals surface area (Å²) in [5.41, 5.74) is 1.81. The molecule has 0 atom stereocenters. The molecule has 3 aromatic rings. The Morgan fingerprint density at radius 1 is 1.14 bits per heavy atom. The van der Waals surface area contributed by atoms with Crippen molar-refractivity contribution in [2.24, 2.45) is 0 Å². The number of nitro groups is 1. The molecule has 0 saturated heterocycles. The van der Waals surface area contributed by atoms with Gasteiger partial charge < -0.3 is 14.8 Å². The van der Waals surface area contributed by atoms with Crippen LogP contribution in [0.1, 0.15) is 27.6 Å². The van der Waals surface area contributed by atoms with Crippen molar-refractivity contribution >= 4 is 39.9 Å². The monoisotopic (exact) mass is 395 g/mol. The Kier molecular flexibility index (Phi) is 5.68. The predicted octanol–water partition coefficient (Wildman–Crippen LogP) is 3.85. The van der Waals surface area contributed by atoms with Gasteiger partial charge in [0.15, 0.2) is 0 Å². The van der Waals surface area contributed by atoms with Crippen LogP contribution in [-0.4, -0.2) is 35.6 Å². The van der Waals surface area contributed by atoms with Gasteiger partial charge in [-0.05, 0) is 37.3 Å². The fourth-order valence-corrected chi connectivity index (χ4v) is 2.75. The molecule has 3 rings (SSSR count). The highest BCUT2D eigenvalue weighted by Crippen LogP contribution is 2.31. The minimum Gasteiger partial charge on any atom is -0.465 e. The standard InChI is InChI=1S/C20H17N3O6/c1-3-29-20(25)16-11-21-17-9-4-12(19(24)28-2)10-15(17)18(16)22-13-5-7-14(8-6-13)23(26)27/h4-11H,3H2,1-2H3,(H,21,22). The van der Waals surface area contributed by atoms with Crippen LogP contribution < -0.4 is 5.32 Å². The number of nitrogens with zero attached hydrogens (tertiary/aromatic N) is 2. The van der Waals surface area contributed by atoms with E-state index in [0.717, 1.165) is 0 Å². The number of methoxy groups -OCH3 is 1. The van der Waals surface area contributed by atoms with E-state index in [9.17, 15) is 19.7 Å². The predicted molar refractivity (Wildman–Crippen MR) is 105 cm³/mol. The Bertz CT molecular complexity index is 1100. The largest absolute Gasteiger partial charge is 0.465 e. The first-order valence-corrected chi connectivity index (χ1v) is 8.64. The molecule has 1 aromatic heterocycles. The second-order valence-electron chi connectivity index (χ2n) is 5.92. The highest BCUT2D eigenvalue weighted by Gasteiger charge is 2.19. The number of carbonyl (C=O) groups excluding carboxylic acids is 2. The van der Waals surface area contributed by atoms with Crippen LogP contribution in [-0.2, 0) is 9.47 Å². The minimum absolute atomic E-state index is 0.0614. The van der Waals surface area contributed by atoms with Gasteiger partial charge in [-0.25, -0.2) is 9.59 Å². The summed E-state index contributed by atoms with van der Waals surface area (Å²) in [5.74, 6) is -1.12. The zero-order chi connectivity index (χ0) is 21.0. The van der Waals surface area contributed by atoms with E-state index < -0.39 is 16.9 Å². The molecular weight excluding hydrogens is 378 g/mol. The maximum Gasteiger partial charge on any atom is 0.341 e. The summed E-state index contributed by atoms with van der Waals surface area (Å²) < 4.78 is 9.86. The van der Waals surface area contributed by atoms with Crippen molar-refractivity contribution in [2.45, 2.75) is 6.92 Å². The number of carbonyl (C=O) groups is 2. The van der Waals surface area contributed by atoms with Crippen LogP contribution in [0.25, 0.3) is 10.9 Å². The Morgan fingerprint density at radius 3 is 2.48 bits per heavy atom. The molecule has 0 fully saturated rings. The fraction of sp³-hybridized carbons (Fsp3) is 0.150. The molecule has 0 unspecified atom stereocenters. The van der Waals surface area contributed by atoms with Crippen molar-refractivity contribution in [1.82, 2.24) is 4.98 Å². The topological polar surface area (TPSA) is 121 Å². The van der Waals surface area contributed by atoms with Crippen LogP contribution in [0.15, 0.2) is 48.7 Å². The SMILES string of the molecule is CCOC(=O)c1cnc2ccc(C(=O)OC)cc2c1Nc1ccc([N+](=O)[O-])cc1. The van der Waals surface area contributed by atoms with E-state index in [4.69, 9.17) is 9.47 Å². The molecule has 9 heteroatoms. The fourth-order valence-electron chi connectivity index (χ4n) is 2.75. The van der Waals surface area contributed by atoms with Crippen LogP contribution in [0.4, 0.5) is 17.1 Å². The van der Waals surface area contributed by atoms with Crippen LogP contribution in [0.3, 0.4) is 0 Å². The summed E-state index contributed by atoms with van der Waals surface area (Å²) in [6.07, 6.45) is 1.38. The lowest BCUT2D eigenvalue weighted by atomic mass is 10.1. The normalized spacial score (nSPS) is 10.4. The van der Waals surface area contributed by atoms with Crippen molar-refractivity contribution in [3.8, 4) is 0 Å². The number of esters is 2. The maximum atomic E-state index is 12.4. The lowest BCUT2D eigenvalue weighted by molar-refractivity contribution is -0.384. The molecule has 1 N–H and O–H groups in total. The lowest BCUT2D eigenvalue weighted by Gasteiger charge is -2.14. The number of anilines is 2. The first-order chi connectivity index (χ1) is 13.9. The van der Waals surface area contributed by atoms with Crippen molar-refractivity contribution in [1.29, 1.82) is 0 Å². The molecular formula is C20H17N3O6. The van der Waals surface area contributed by atoms with Crippen LogP contribution in [0.5, 0.6) is 0 Å². The van der Waals surface area contributed by atoms with Crippen LogP contribution in [0, 0.1) is 10.1 Å². The van der Waals surface area contributed by atoms with E-state index in [1.54, 1.807) is 25.1 Å². The number of hydrogen-bond acceptors (Lipinski definition) is 8. The maximum absolute atomic E-state index is 12.4. The summed E-state index contributed by atoms with van der Waals surface area (Å²) in [6, 6.07) is 10.5. The van der Waals surface area contributed by atoms with Gasteiger partial charge in [0.2, 0.25) is 0 Å². The van der Waals surface area contributed by atoms with E-state index >= 15 is 0 Å². The molecule has 0 aliphatic carbocycles. The molecule has 9 nitrogen and oxygen atoms in total. The Labute approximate surface area is 165 Å². The molecule has 29 heavy (non-hydrogen) atoms. The smallest absolute Gasteiger partial charge is 0.341 e. The van der Waals surface area contributed by atoms with Gasteiger partial charge in [-0.1, -0.05) is 0 Å². The third kappa shape index (κ3) is 4.13. The third-order valence-electron chi connectivity index (χ3n) is 4.13. The highest BCUT2D eigenvalue weighted by atomic mass is 16.6. The number of rotatable bonds is 6. The molecule has 1 heterocycles. The molecule has 2 aromatic carbocycles. The van der Waals surface area contributed by atoms with Gasteiger partial charge in [0, 0.05) is 29.4 Å². The van der Waals surface area contributed by atoms with Gasteiger partial charge in [-0.2, -0.15) is 0 Å². The van der Waals surface area contributed by atoms with Gasteiger partial charge in [0.1, 0.15) is 5.56 Å². The van der Waals surface area contributed by atoms with Gasteiger partial charge in [0.05, 0.1) is 35.4 Å². The Balaban J connectivity index is 2.15. The molecule has 0 radical (unpaired) electrons. The number of pyridine rings is 1. The summed E-state index contributed by atoms with van der Waals surface area (Å²) in [6.45, 7) is 1.86. The first kappa shape index (κ1) is 19.7. The average molecular weight is 395 g/mol. The molecule has 0 amide bonds. The van der Waals surface area contributed by atoms with E-state index in [0.29, 0.717) is 22.3 Å². The summed E-state index contributed by atoms with van der Waals surface area (Å²) in [5, 5.41) is 14.4. The van der Waals surface area contributed by atoms with Gasteiger partial charge in [-0.3, -0.25) is 15.1 Å². The molecule has 148 valence electrons. The molecule has 0 bridgehead atoms. The minimum atomic E-state index is -0.588. The second-order valence-corrected chi connectivity index (χ2v) is 5.92. The van der Waals surface area contributed by atoms with E-state index in [1.807, 2.05) is 0 Å². The van der Waals surface area contributed by atoms with E-state index in [1.165, 1.54) is 37.6 Å². The second kappa shape index (κ2) is 8.34. The Morgan fingerprint density at radius 2 is 1.86 bits per heavy atom. The number of aromatic nitrogens is 1. The van der Waals surface area contributed by atoms with Crippen molar-refractivity contribution < 1.29 is 24.0 Å². The van der Waals surface area contributed by atoms with Crippen molar-refractivity contribution in [2.75, 3.05) is 19.0 Å². The summed E-state index contributed by atoms with van der Waals surface area (Å²) in [4.78, 5) is 39.0. The zero-order valence-electron chi connectivity index (χ0n) is 15.7. The molecule has 0 spiro atoms. The number of nitrogens with one attached hydrogen (secondary N) is 1. The number of nitro benzene ring substituents is 1. The molecule has 0 saturated carbocycles. The number of ether oxygens (including phenoxy) is 2. The quantitative estimate of drug-likeness (QED) is 0.379. The van der Waals surface area contributed by atoms with Crippen molar-refractivity contribution in [3.05, 3.63) is 69.9 Å². The van der Waals surface area contributed by atoms with Gasteiger partial charge in [0.25, 0.3) is 5.69 Å². The molecule has 0 aliphatic rings. The number of fused-ring (bicyclic) bond motifs is 1. The van der Waals surface area contributed by atoms with Crippen molar-refractivity contribution in [3.63, 3.8) is 0 Å². The number of hydrogen-bond donors (Lipinski definition) is 1. The van der Waals surface area contributed by atoms with E-state index in [-0.39, 0.29) is 23.4 Å². The average Bonchev–Trinajstić information content (AvgIpc) is 2.73. The summed E-state index contributed by atoms with van der Waals surface area (Å²) >= 11 is 0. The van der Waals surface area contributed by atoms with Crippen LogP contribution >= 0.6 is 0 Å². The zero-order valence-corrected chi connectivity index (χ0v) is 15.7. The summed E-state index contributed by atoms with van der Waals surface area (Å²) in [7, 11) is 1.27. The number of benzene rings is 2. The van der Waals surface area contributed by atoms with Gasteiger partial charge >= 0.3 is 11.9 Å². The first-order valence-electron chi connectivity index (χ1n) is 8.64. The number of non-ortho nitro benzene ring substituents is 1.